The minimum absolute atomic E-state index is 0.666. The number of nitrogens with zero attached hydrogens (tertiary/aromatic N) is 3. The summed E-state index contributed by atoms with van der Waals surface area (Å²) in [6.07, 6.45) is 0. The van der Waals surface area contributed by atoms with E-state index in [4.69, 9.17) is 7.85 Å². The predicted molar refractivity (Wildman–Crippen MR) is 123 cm³/mol. The van der Waals surface area contributed by atoms with Crippen LogP contribution >= 0.6 is 11.7 Å². The Morgan fingerprint density at radius 3 is 2.34 bits per heavy atom. The summed E-state index contributed by atoms with van der Waals surface area (Å²) >= 11 is 1.20. The smallest absolute Gasteiger partial charge is 0.116 e. The van der Waals surface area contributed by atoms with E-state index in [9.17, 15) is 0 Å². The molecule has 3 nitrogen and oxygen atoms in total. The number of fused-ring (bicyclic) bond motifs is 4. The molecule has 0 aliphatic rings. The molecule has 0 bridgehead atoms. The van der Waals surface area contributed by atoms with Gasteiger partial charge in [-0.05, 0) is 35.9 Å². The Bertz CT molecular complexity index is 1520. The summed E-state index contributed by atoms with van der Waals surface area (Å²) in [5.74, 6) is 0. The van der Waals surface area contributed by atoms with E-state index in [-0.39, 0.29) is 0 Å². The van der Waals surface area contributed by atoms with Crippen LogP contribution in [0.5, 0.6) is 0 Å². The zero-order valence-electron chi connectivity index (χ0n) is 15.4. The van der Waals surface area contributed by atoms with Crippen molar-refractivity contribution in [3.63, 3.8) is 0 Å². The van der Waals surface area contributed by atoms with E-state index < -0.39 is 0 Å². The summed E-state index contributed by atoms with van der Waals surface area (Å²) in [4.78, 5) is 0. The first-order chi connectivity index (χ1) is 14.3. The lowest BCUT2D eigenvalue weighted by molar-refractivity contribution is 1.18. The van der Waals surface area contributed by atoms with Crippen LogP contribution < -0.4 is 5.46 Å². The van der Waals surface area contributed by atoms with E-state index in [1.54, 1.807) is 0 Å². The van der Waals surface area contributed by atoms with Crippen LogP contribution in [0.3, 0.4) is 0 Å². The first kappa shape index (κ1) is 16.5. The fourth-order valence-electron chi connectivity index (χ4n) is 4.11. The molecule has 0 unspecified atom stereocenters. The molecule has 0 aliphatic heterocycles. The van der Waals surface area contributed by atoms with Crippen molar-refractivity contribution >= 4 is 57.9 Å². The molecule has 0 atom stereocenters. The highest BCUT2D eigenvalue weighted by atomic mass is 32.1. The van der Waals surface area contributed by atoms with Crippen molar-refractivity contribution in [3.8, 4) is 16.8 Å². The molecule has 6 aromatic rings. The molecule has 0 fully saturated rings. The van der Waals surface area contributed by atoms with Crippen LogP contribution in [-0.2, 0) is 0 Å². The van der Waals surface area contributed by atoms with Crippen molar-refractivity contribution in [2.45, 2.75) is 0 Å². The van der Waals surface area contributed by atoms with E-state index in [0.717, 1.165) is 27.8 Å². The molecule has 6 rings (SSSR count). The van der Waals surface area contributed by atoms with Gasteiger partial charge >= 0.3 is 0 Å². The molecule has 0 amide bonds. The molecule has 4 aromatic carbocycles. The first-order valence-corrected chi connectivity index (χ1v) is 10.1. The van der Waals surface area contributed by atoms with Gasteiger partial charge in [-0.15, -0.1) is 0 Å². The van der Waals surface area contributed by atoms with Gasteiger partial charge in [-0.2, -0.15) is 8.75 Å². The second-order valence-corrected chi connectivity index (χ2v) is 7.61. The zero-order chi connectivity index (χ0) is 19.4. The van der Waals surface area contributed by atoms with Crippen LogP contribution in [0.1, 0.15) is 0 Å². The third kappa shape index (κ3) is 2.44. The van der Waals surface area contributed by atoms with Crippen molar-refractivity contribution in [3.05, 3.63) is 84.9 Å². The van der Waals surface area contributed by atoms with Gasteiger partial charge in [-0.3, -0.25) is 0 Å². The van der Waals surface area contributed by atoms with Gasteiger partial charge < -0.3 is 4.57 Å². The maximum absolute atomic E-state index is 6.08. The number of hydrogen-bond donors (Lipinski definition) is 0. The molecule has 134 valence electrons. The van der Waals surface area contributed by atoms with Crippen LogP contribution in [-0.4, -0.2) is 21.2 Å². The van der Waals surface area contributed by atoms with Crippen molar-refractivity contribution in [2.75, 3.05) is 0 Å². The summed E-state index contributed by atoms with van der Waals surface area (Å²) < 4.78 is 11.2. The lowest BCUT2D eigenvalue weighted by Gasteiger charge is -2.08. The number of benzene rings is 4. The first-order valence-electron chi connectivity index (χ1n) is 9.41. The Morgan fingerprint density at radius 1 is 0.690 bits per heavy atom. The quantitative estimate of drug-likeness (QED) is 0.380. The van der Waals surface area contributed by atoms with E-state index in [2.05, 4.69) is 80.0 Å². The Balaban J connectivity index is 1.68. The predicted octanol–water partition coefficient (Wildman–Crippen LogP) is 5.25. The van der Waals surface area contributed by atoms with Gasteiger partial charge in [0.05, 0.1) is 28.3 Å². The Hall–Kier alpha value is -3.44. The summed E-state index contributed by atoms with van der Waals surface area (Å²) in [6.45, 7) is 0. The standard InChI is InChI=1S/C24H14BN3S/c25-20-12-11-17(23-24(20)27-29-26-23)15-10-13-22-19(14-15)18-8-4-5-9-21(18)28(22)16-6-2-1-3-7-16/h1-14H. The van der Waals surface area contributed by atoms with Crippen LogP contribution in [0.15, 0.2) is 84.9 Å². The average Bonchev–Trinajstić information content (AvgIpc) is 3.38. The van der Waals surface area contributed by atoms with Gasteiger partial charge in [0.25, 0.3) is 0 Å². The monoisotopic (exact) mass is 387 g/mol. The summed E-state index contributed by atoms with van der Waals surface area (Å²) in [5.41, 5.74) is 8.02. The molecule has 0 aliphatic carbocycles. The number of aromatic nitrogens is 3. The van der Waals surface area contributed by atoms with Gasteiger partial charge in [0, 0.05) is 22.0 Å². The summed E-state index contributed by atoms with van der Waals surface area (Å²) in [6, 6.07) is 29.6. The van der Waals surface area contributed by atoms with Crippen LogP contribution in [0.2, 0.25) is 0 Å². The third-order valence-electron chi connectivity index (χ3n) is 5.44. The summed E-state index contributed by atoms with van der Waals surface area (Å²) in [7, 11) is 6.08. The Morgan fingerprint density at radius 2 is 1.45 bits per heavy atom. The highest BCUT2D eigenvalue weighted by Gasteiger charge is 2.15. The molecule has 0 saturated heterocycles. The molecular weight excluding hydrogens is 373 g/mol. The van der Waals surface area contributed by atoms with Gasteiger partial charge in [0.15, 0.2) is 0 Å². The molecule has 29 heavy (non-hydrogen) atoms. The number of rotatable bonds is 2. The molecule has 0 spiro atoms. The number of hydrogen-bond acceptors (Lipinski definition) is 3. The Labute approximate surface area is 173 Å². The molecular formula is C24H14BN3S. The Kier molecular flexibility index (Phi) is 3.58. The van der Waals surface area contributed by atoms with E-state index >= 15 is 0 Å². The lowest BCUT2D eigenvalue weighted by atomic mass is 9.91. The highest BCUT2D eigenvalue weighted by Crippen LogP contribution is 2.36. The maximum Gasteiger partial charge on any atom is 0.116 e. The van der Waals surface area contributed by atoms with Crippen LogP contribution in [0, 0.1) is 0 Å². The van der Waals surface area contributed by atoms with Gasteiger partial charge in [0.1, 0.15) is 13.4 Å². The van der Waals surface area contributed by atoms with E-state index in [1.165, 1.54) is 33.5 Å². The third-order valence-corrected chi connectivity index (χ3v) is 5.97. The zero-order valence-corrected chi connectivity index (χ0v) is 16.2. The molecule has 2 aromatic heterocycles. The maximum atomic E-state index is 6.08. The van der Waals surface area contributed by atoms with Crippen molar-refractivity contribution < 1.29 is 0 Å². The minimum Gasteiger partial charge on any atom is -0.309 e. The fraction of sp³-hybridized carbons (Fsp3) is 0. The SMILES string of the molecule is [B]c1ccc(-c2ccc3c(c2)c2ccccc2n3-c2ccccc2)c2nsnc12. The molecule has 2 radical (unpaired) electrons. The molecule has 0 saturated carbocycles. The number of para-hydroxylation sites is 2. The average molecular weight is 387 g/mol. The van der Waals surface area contributed by atoms with Crippen molar-refractivity contribution in [1.29, 1.82) is 0 Å². The normalized spacial score (nSPS) is 11.6. The van der Waals surface area contributed by atoms with E-state index in [1.807, 2.05) is 18.2 Å². The van der Waals surface area contributed by atoms with Crippen molar-refractivity contribution in [1.82, 2.24) is 13.3 Å². The second kappa shape index (κ2) is 6.29. The van der Waals surface area contributed by atoms with Gasteiger partial charge in [0.2, 0.25) is 0 Å². The largest absolute Gasteiger partial charge is 0.309 e. The lowest BCUT2D eigenvalue weighted by Crippen LogP contribution is -2.03. The van der Waals surface area contributed by atoms with Gasteiger partial charge in [-0.25, -0.2) is 0 Å². The minimum atomic E-state index is 0.666. The topological polar surface area (TPSA) is 30.7 Å². The molecule has 5 heteroatoms. The fourth-order valence-corrected chi connectivity index (χ4v) is 4.70. The van der Waals surface area contributed by atoms with E-state index in [0.29, 0.717) is 5.46 Å². The van der Waals surface area contributed by atoms with Crippen molar-refractivity contribution in [2.24, 2.45) is 0 Å². The molecule has 2 heterocycles. The second-order valence-electron chi connectivity index (χ2n) is 7.08. The highest BCUT2D eigenvalue weighted by molar-refractivity contribution is 7.00. The summed E-state index contributed by atoms with van der Waals surface area (Å²) in [5, 5.41) is 2.45. The van der Waals surface area contributed by atoms with Crippen LogP contribution in [0.4, 0.5) is 0 Å². The van der Waals surface area contributed by atoms with Gasteiger partial charge in [-0.1, -0.05) is 60.1 Å². The molecule has 0 N–H and O–H groups in total. The van der Waals surface area contributed by atoms with Crippen LogP contribution in [0.25, 0.3) is 49.7 Å².